The van der Waals surface area contributed by atoms with Crippen molar-refractivity contribution < 1.29 is 13.9 Å². The molecule has 2 nitrogen and oxygen atoms in total. The van der Waals surface area contributed by atoms with Crippen LogP contribution in [0.3, 0.4) is 0 Å². The first kappa shape index (κ1) is 6.96. The third kappa shape index (κ3) is 1.91. The summed E-state index contributed by atoms with van der Waals surface area (Å²) in [6.07, 6.45) is 0.421. The lowest BCUT2D eigenvalue weighted by Crippen LogP contribution is -2.31. The van der Waals surface area contributed by atoms with E-state index in [4.69, 9.17) is 9.47 Å². The average molecular weight is 134 g/mol. The molecule has 0 aromatic heterocycles. The predicted molar refractivity (Wildman–Crippen MR) is 30.9 cm³/mol. The Balaban J connectivity index is 2.23. The average Bonchev–Trinajstić information content (AvgIpc) is 1.88. The van der Waals surface area contributed by atoms with Gasteiger partial charge in [-0.2, -0.15) is 0 Å². The number of hydrogen-bond donors (Lipinski definition) is 0. The van der Waals surface area contributed by atoms with E-state index in [-0.39, 0.29) is 6.10 Å². The summed E-state index contributed by atoms with van der Waals surface area (Å²) in [6.45, 7) is 2.01. The van der Waals surface area contributed by atoms with Crippen LogP contribution in [0.25, 0.3) is 0 Å². The van der Waals surface area contributed by atoms with E-state index in [9.17, 15) is 4.39 Å². The Kier molecular flexibility index (Phi) is 2.42. The van der Waals surface area contributed by atoms with Gasteiger partial charge in [-0.1, -0.05) is 0 Å². The lowest BCUT2D eigenvalue weighted by atomic mass is 10.3. The second kappa shape index (κ2) is 3.13. The molecule has 0 aromatic rings. The summed E-state index contributed by atoms with van der Waals surface area (Å²) in [4.78, 5) is 0. The van der Waals surface area contributed by atoms with E-state index in [0.29, 0.717) is 6.61 Å². The van der Waals surface area contributed by atoms with Gasteiger partial charge in [0.15, 0.2) is 6.29 Å². The van der Waals surface area contributed by atoms with E-state index in [1.807, 2.05) is 6.92 Å². The van der Waals surface area contributed by atoms with Crippen molar-refractivity contribution in [1.29, 1.82) is 0 Å². The lowest BCUT2D eigenvalue weighted by molar-refractivity contribution is -0.212. The fraction of sp³-hybridized carbons (Fsp3) is 1.00. The third-order valence-electron chi connectivity index (χ3n) is 1.34. The minimum Gasteiger partial charge on any atom is -0.350 e. The van der Waals surface area contributed by atoms with Crippen LogP contribution in [0.2, 0.25) is 0 Å². The number of hydrogen-bond acceptors (Lipinski definition) is 2. The third-order valence-corrected chi connectivity index (χ3v) is 1.34. The Morgan fingerprint density at radius 2 is 2.44 bits per heavy atom. The molecule has 0 aromatic carbocycles. The van der Waals surface area contributed by atoms with Gasteiger partial charge < -0.3 is 9.47 Å². The monoisotopic (exact) mass is 134 g/mol. The first-order valence-corrected chi connectivity index (χ1v) is 3.16. The molecule has 0 saturated carbocycles. The zero-order valence-electron chi connectivity index (χ0n) is 5.47. The summed E-state index contributed by atoms with van der Waals surface area (Å²) in [5.74, 6) is 0. The smallest absolute Gasteiger partial charge is 0.186 e. The van der Waals surface area contributed by atoms with E-state index in [1.54, 1.807) is 0 Å². The molecule has 54 valence electrons. The molecule has 1 aliphatic rings. The van der Waals surface area contributed by atoms with E-state index in [1.165, 1.54) is 0 Å². The van der Waals surface area contributed by atoms with E-state index in [2.05, 4.69) is 0 Å². The maximum atomic E-state index is 11.8. The highest BCUT2D eigenvalue weighted by Crippen LogP contribution is 2.11. The van der Waals surface area contributed by atoms with Crippen LogP contribution in [0, 0.1) is 0 Å². The molecule has 0 spiro atoms. The number of ether oxygens (including phenoxy) is 2. The molecule has 1 rings (SSSR count). The molecule has 0 radical (unpaired) electrons. The Hall–Kier alpha value is -0.150. The van der Waals surface area contributed by atoms with Crippen molar-refractivity contribution in [2.45, 2.75) is 25.7 Å². The normalized spacial score (nSPS) is 36.7. The molecule has 0 N–H and O–H groups in total. The zero-order chi connectivity index (χ0) is 6.69. The van der Waals surface area contributed by atoms with Gasteiger partial charge in [0.2, 0.25) is 0 Å². The van der Waals surface area contributed by atoms with Crippen molar-refractivity contribution in [3.8, 4) is 0 Å². The minimum atomic E-state index is -0.603. The highest BCUT2D eigenvalue weighted by atomic mass is 19.1. The molecule has 1 saturated heterocycles. The number of halogens is 1. The fourth-order valence-electron chi connectivity index (χ4n) is 0.813. The van der Waals surface area contributed by atoms with Crippen LogP contribution in [0.4, 0.5) is 4.39 Å². The van der Waals surface area contributed by atoms with E-state index in [0.717, 1.165) is 6.42 Å². The molecule has 0 aliphatic carbocycles. The Labute approximate surface area is 54.0 Å². The molecular formula is C6H11FO2. The van der Waals surface area contributed by atoms with E-state index < -0.39 is 13.0 Å². The summed E-state index contributed by atoms with van der Waals surface area (Å²) in [6, 6.07) is 0. The summed E-state index contributed by atoms with van der Waals surface area (Å²) in [5.41, 5.74) is 0. The van der Waals surface area contributed by atoms with Crippen molar-refractivity contribution >= 4 is 0 Å². The number of alkyl halides is 1. The van der Waals surface area contributed by atoms with Crippen LogP contribution in [0.5, 0.6) is 0 Å². The van der Waals surface area contributed by atoms with Crippen LogP contribution in [-0.2, 0) is 9.47 Å². The maximum absolute atomic E-state index is 11.8. The Morgan fingerprint density at radius 1 is 1.67 bits per heavy atom. The minimum absolute atomic E-state index is 0.152. The SMILES string of the molecule is CC1CCOC(CF)O1. The quantitative estimate of drug-likeness (QED) is 0.534. The lowest BCUT2D eigenvalue weighted by Gasteiger charge is -2.25. The van der Waals surface area contributed by atoms with Gasteiger partial charge in [-0.25, -0.2) is 4.39 Å². The Morgan fingerprint density at radius 3 is 2.89 bits per heavy atom. The molecule has 3 heteroatoms. The largest absolute Gasteiger partial charge is 0.350 e. The van der Waals surface area contributed by atoms with Gasteiger partial charge in [0.1, 0.15) is 6.67 Å². The zero-order valence-corrected chi connectivity index (χ0v) is 5.47. The Bertz CT molecular complexity index is 87.1. The van der Waals surface area contributed by atoms with Gasteiger partial charge in [-0.05, 0) is 13.3 Å². The van der Waals surface area contributed by atoms with Crippen molar-refractivity contribution in [2.24, 2.45) is 0 Å². The van der Waals surface area contributed by atoms with Gasteiger partial charge in [0.05, 0.1) is 12.7 Å². The second-order valence-electron chi connectivity index (χ2n) is 2.19. The highest BCUT2D eigenvalue weighted by Gasteiger charge is 2.18. The first-order chi connectivity index (χ1) is 4.33. The summed E-state index contributed by atoms with van der Waals surface area (Å²) < 4.78 is 21.7. The van der Waals surface area contributed by atoms with Crippen LogP contribution < -0.4 is 0 Å². The highest BCUT2D eigenvalue weighted by molar-refractivity contribution is 4.57. The topological polar surface area (TPSA) is 18.5 Å². The van der Waals surface area contributed by atoms with E-state index >= 15 is 0 Å². The predicted octanol–water partition coefficient (Wildman–Crippen LogP) is 1.11. The van der Waals surface area contributed by atoms with Crippen LogP contribution >= 0.6 is 0 Å². The fourth-order valence-corrected chi connectivity index (χ4v) is 0.813. The molecule has 0 bridgehead atoms. The van der Waals surface area contributed by atoms with Crippen molar-refractivity contribution in [1.82, 2.24) is 0 Å². The summed E-state index contributed by atoms with van der Waals surface area (Å²) in [5, 5.41) is 0. The molecule has 1 heterocycles. The van der Waals surface area contributed by atoms with Crippen molar-refractivity contribution in [3.05, 3.63) is 0 Å². The van der Waals surface area contributed by atoms with Gasteiger partial charge in [0, 0.05) is 0 Å². The van der Waals surface area contributed by atoms with Crippen molar-refractivity contribution in [3.63, 3.8) is 0 Å². The number of rotatable bonds is 1. The molecule has 1 aliphatic heterocycles. The molecule has 9 heavy (non-hydrogen) atoms. The second-order valence-corrected chi connectivity index (χ2v) is 2.19. The van der Waals surface area contributed by atoms with Crippen LogP contribution in [0.15, 0.2) is 0 Å². The molecular weight excluding hydrogens is 123 g/mol. The van der Waals surface area contributed by atoms with Crippen LogP contribution in [0.1, 0.15) is 13.3 Å². The standard InChI is InChI=1S/C6H11FO2/c1-5-2-3-8-6(4-7)9-5/h5-6H,2-4H2,1H3. The summed E-state index contributed by atoms with van der Waals surface area (Å²) >= 11 is 0. The van der Waals surface area contributed by atoms with Gasteiger partial charge in [0.25, 0.3) is 0 Å². The van der Waals surface area contributed by atoms with Gasteiger partial charge in [-0.3, -0.25) is 0 Å². The molecule has 1 fully saturated rings. The van der Waals surface area contributed by atoms with Gasteiger partial charge >= 0.3 is 0 Å². The molecule has 2 unspecified atom stereocenters. The van der Waals surface area contributed by atoms with Crippen molar-refractivity contribution in [2.75, 3.05) is 13.3 Å². The summed E-state index contributed by atoms with van der Waals surface area (Å²) in [7, 11) is 0. The van der Waals surface area contributed by atoms with Crippen LogP contribution in [-0.4, -0.2) is 25.7 Å². The molecule has 2 atom stereocenters. The maximum Gasteiger partial charge on any atom is 0.186 e. The van der Waals surface area contributed by atoms with Gasteiger partial charge in [-0.15, -0.1) is 0 Å². The first-order valence-electron chi connectivity index (χ1n) is 3.16. The molecule has 0 amide bonds.